The van der Waals surface area contributed by atoms with E-state index in [0.717, 1.165) is 16.8 Å². The number of hydrogen-bond donors (Lipinski definition) is 1. The molecule has 0 saturated carbocycles. The number of para-hydroxylation sites is 1. The van der Waals surface area contributed by atoms with Crippen molar-refractivity contribution in [1.82, 2.24) is 9.96 Å². The van der Waals surface area contributed by atoms with Gasteiger partial charge in [-0.3, -0.25) is 18.7 Å². The van der Waals surface area contributed by atoms with Crippen LogP contribution in [0.1, 0.15) is 13.3 Å². The van der Waals surface area contributed by atoms with Crippen molar-refractivity contribution in [3.05, 3.63) is 91.0 Å². The van der Waals surface area contributed by atoms with E-state index in [1.807, 2.05) is 0 Å². The molecule has 5 rings (SSSR count). The summed E-state index contributed by atoms with van der Waals surface area (Å²) in [4.78, 5) is 45.9. The Morgan fingerprint density at radius 1 is 0.974 bits per heavy atom. The van der Waals surface area contributed by atoms with Crippen LogP contribution < -0.4 is 15.4 Å². The van der Waals surface area contributed by atoms with Gasteiger partial charge < -0.3 is 14.8 Å². The Hall–Kier alpha value is -3.59. The lowest BCUT2D eigenvalue weighted by Gasteiger charge is -2.54. The molecule has 0 spiro atoms. The van der Waals surface area contributed by atoms with Gasteiger partial charge in [0.15, 0.2) is 11.1 Å². The van der Waals surface area contributed by atoms with Gasteiger partial charge in [0, 0.05) is 17.5 Å². The first kappa shape index (κ1) is 26.0. The Morgan fingerprint density at radius 2 is 1.50 bits per heavy atom. The summed E-state index contributed by atoms with van der Waals surface area (Å²) in [5.74, 6) is -1.98. The molecule has 3 aromatic rings. The molecule has 0 aliphatic carbocycles. The molecule has 3 atom stereocenters. The zero-order valence-electron chi connectivity index (χ0n) is 20.4. The first-order valence-corrected chi connectivity index (χ1v) is 14.4. The molecule has 2 unspecified atom stereocenters. The number of carboxylic acids is 1. The summed E-state index contributed by atoms with van der Waals surface area (Å²) < 4.78 is 21.2. The summed E-state index contributed by atoms with van der Waals surface area (Å²) in [6.45, 7) is 0.845. The minimum Gasteiger partial charge on any atom is -0.479 e. The third kappa shape index (κ3) is 4.60. The van der Waals surface area contributed by atoms with Crippen molar-refractivity contribution in [2.45, 2.75) is 29.7 Å². The second-order valence-electron chi connectivity index (χ2n) is 8.93. The van der Waals surface area contributed by atoms with Crippen LogP contribution in [-0.4, -0.2) is 55.7 Å². The summed E-state index contributed by atoms with van der Waals surface area (Å²) in [6, 6.07) is 25.1. The third-order valence-electron chi connectivity index (χ3n) is 6.42. The van der Waals surface area contributed by atoms with Gasteiger partial charge in [0.2, 0.25) is 11.5 Å². The number of β-lactam (4-membered cyclic amide) rings is 1. The highest BCUT2D eigenvalue weighted by Gasteiger charge is 2.64. The van der Waals surface area contributed by atoms with Crippen LogP contribution in [0.15, 0.2) is 91.0 Å². The molecule has 0 aromatic heterocycles. The normalized spacial score (nSPS) is 22.7. The van der Waals surface area contributed by atoms with Crippen LogP contribution in [0.4, 0.5) is 0 Å². The van der Waals surface area contributed by atoms with Crippen LogP contribution in [0.5, 0.6) is 5.75 Å². The second-order valence-corrected chi connectivity index (χ2v) is 12.5. The first-order valence-electron chi connectivity index (χ1n) is 11.9. The quantitative estimate of drug-likeness (QED) is 0.258. The van der Waals surface area contributed by atoms with Crippen molar-refractivity contribution in [1.29, 1.82) is 0 Å². The van der Waals surface area contributed by atoms with E-state index in [9.17, 15) is 24.1 Å². The highest BCUT2D eigenvalue weighted by Crippen LogP contribution is 2.55. The van der Waals surface area contributed by atoms with Crippen molar-refractivity contribution >= 4 is 47.5 Å². The minimum atomic E-state index is -4.07. The van der Waals surface area contributed by atoms with Gasteiger partial charge in [-0.15, -0.1) is 11.8 Å². The van der Waals surface area contributed by atoms with Crippen molar-refractivity contribution in [2.75, 3.05) is 6.54 Å². The fraction of sp³-hybridized carbons (Fsp3) is 0.222. The standard InChI is InChI=1S/C27H25N2O7PS/c1-19(30)29(35-20-11-5-2-6-12-20)25-27(26(32)33,18-28-23(31)17-24(28)38-25)36-37(34,21-13-7-3-8-14-21)22-15-9-4-10-16-22/h2-16,24-25H,17-18H2,1H3,(H,32,33)/t24-,25?,27?/m1/s1. The monoisotopic (exact) mass is 552 g/mol. The lowest BCUT2D eigenvalue weighted by molar-refractivity contribution is -0.187. The largest absolute Gasteiger partial charge is 0.479 e. The lowest BCUT2D eigenvalue weighted by atomic mass is 9.99. The number of carboxylic acid groups (broad SMARTS) is 1. The molecule has 0 radical (unpaired) electrons. The Labute approximate surface area is 223 Å². The van der Waals surface area contributed by atoms with Crippen LogP contribution in [0, 0.1) is 0 Å². The molecule has 196 valence electrons. The molecule has 1 N–H and O–H groups in total. The van der Waals surface area contributed by atoms with Gasteiger partial charge in [-0.1, -0.05) is 54.6 Å². The van der Waals surface area contributed by atoms with E-state index in [2.05, 4.69) is 0 Å². The summed E-state index contributed by atoms with van der Waals surface area (Å²) in [5, 5.41) is 10.6. The topological polar surface area (TPSA) is 113 Å². The van der Waals surface area contributed by atoms with Crippen LogP contribution in [-0.2, 0) is 23.5 Å². The molecule has 2 heterocycles. The minimum absolute atomic E-state index is 0.184. The predicted molar refractivity (Wildman–Crippen MR) is 142 cm³/mol. The van der Waals surface area contributed by atoms with Gasteiger partial charge in [-0.05, 0) is 36.4 Å². The van der Waals surface area contributed by atoms with E-state index in [-0.39, 0.29) is 28.3 Å². The van der Waals surface area contributed by atoms with Crippen LogP contribution >= 0.6 is 19.1 Å². The smallest absolute Gasteiger partial charge is 0.341 e. The number of rotatable bonds is 8. The molecular weight excluding hydrogens is 527 g/mol. The summed E-state index contributed by atoms with van der Waals surface area (Å²) in [5.41, 5.74) is -2.29. The Morgan fingerprint density at radius 3 is 1.97 bits per heavy atom. The molecule has 2 aliphatic rings. The lowest BCUT2D eigenvalue weighted by Crippen LogP contribution is -2.72. The zero-order chi connectivity index (χ0) is 26.9. The first-order chi connectivity index (χ1) is 18.2. The number of amides is 2. The van der Waals surface area contributed by atoms with Gasteiger partial charge in [-0.25, -0.2) is 4.79 Å². The van der Waals surface area contributed by atoms with E-state index >= 15 is 0 Å². The van der Waals surface area contributed by atoms with Gasteiger partial charge in [0.05, 0.1) is 18.3 Å². The average molecular weight is 553 g/mol. The highest BCUT2D eigenvalue weighted by molar-refractivity contribution is 8.00. The van der Waals surface area contributed by atoms with Crippen molar-refractivity contribution < 1.29 is 33.4 Å². The third-order valence-corrected chi connectivity index (χ3v) is 10.5. The molecule has 2 amide bonds. The molecule has 3 aromatic carbocycles. The van der Waals surface area contributed by atoms with E-state index in [1.54, 1.807) is 91.0 Å². The van der Waals surface area contributed by atoms with Crippen molar-refractivity contribution in [3.63, 3.8) is 0 Å². The maximum absolute atomic E-state index is 14.8. The maximum Gasteiger partial charge on any atom is 0.341 e. The molecular formula is C27H25N2O7PS. The Kier molecular flexibility index (Phi) is 7.05. The zero-order valence-corrected chi connectivity index (χ0v) is 22.1. The van der Waals surface area contributed by atoms with E-state index in [4.69, 9.17) is 9.36 Å². The van der Waals surface area contributed by atoms with Crippen LogP contribution in [0.3, 0.4) is 0 Å². The fourth-order valence-corrected chi connectivity index (χ4v) is 8.49. The number of fused-ring (bicyclic) bond motifs is 1. The van der Waals surface area contributed by atoms with E-state index < -0.39 is 36.8 Å². The van der Waals surface area contributed by atoms with Crippen LogP contribution in [0.25, 0.3) is 0 Å². The van der Waals surface area contributed by atoms with Gasteiger partial charge in [0.1, 0.15) is 0 Å². The Bertz CT molecular complexity index is 1350. The number of hydrogen-bond acceptors (Lipinski definition) is 7. The molecule has 2 aliphatic heterocycles. The van der Waals surface area contributed by atoms with Crippen molar-refractivity contribution in [3.8, 4) is 5.75 Å². The number of nitrogens with zero attached hydrogens (tertiary/aromatic N) is 2. The average Bonchev–Trinajstić information content (AvgIpc) is 2.93. The van der Waals surface area contributed by atoms with E-state index in [0.29, 0.717) is 5.75 Å². The predicted octanol–water partition coefficient (Wildman–Crippen LogP) is 3.23. The summed E-state index contributed by atoms with van der Waals surface area (Å²) in [6.07, 6.45) is 0.184. The molecule has 11 heteroatoms. The molecule has 2 fully saturated rings. The highest BCUT2D eigenvalue weighted by atomic mass is 32.2. The number of thioether (sulfide) groups is 1. The maximum atomic E-state index is 14.8. The molecule has 38 heavy (non-hydrogen) atoms. The molecule has 9 nitrogen and oxygen atoms in total. The van der Waals surface area contributed by atoms with Gasteiger partial charge in [0.25, 0.3) is 13.3 Å². The number of benzene rings is 3. The summed E-state index contributed by atoms with van der Waals surface area (Å²) >= 11 is 1.07. The van der Waals surface area contributed by atoms with Gasteiger partial charge >= 0.3 is 5.97 Å². The molecule has 2 saturated heterocycles. The number of aliphatic carboxylic acids is 1. The Balaban J connectivity index is 1.66. The SMILES string of the molecule is CC(=O)N(Oc1ccccc1)C1S[C@@H]2CC(=O)N2CC1(OP(=O)(c1ccccc1)c1ccccc1)C(=O)O. The van der Waals surface area contributed by atoms with Gasteiger partial charge in [-0.2, -0.15) is 5.06 Å². The number of carbonyl (C=O) groups is 3. The number of carbonyl (C=O) groups excluding carboxylic acids is 2. The van der Waals surface area contributed by atoms with E-state index in [1.165, 1.54) is 11.8 Å². The summed E-state index contributed by atoms with van der Waals surface area (Å²) in [7, 11) is -4.07. The molecule has 0 bridgehead atoms. The van der Waals surface area contributed by atoms with Crippen molar-refractivity contribution in [2.24, 2.45) is 0 Å². The fourth-order valence-electron chi connectivity index (χ4n) is 4.46. The second kappa shape index (κ2) is 10.3. The van der Waals surface area contributed by atoms with Crippen LogP contribution in [0.2, 0.25) is 0 Å². The number of hydroxylamine groups is 2.